The SMILES string of the molecule is CCCCCC(=O)CC(N)c1ccccn1. The van der Waals surface area contributed by atoms with Gasteiger partial charge in [0, 0.05) is 19.0 Å². The molecule has 2 N–H and O–H groups in total. The van der Waals surface area contributed by atoms with Gasteiger partial charge in [0.15, 0.2) is 0 Å². The van der Waals surface area contributed by atoms with Crippen molar-refractivity contribution in [3.05, 3.63) is 30.1 Å². The van der Waals surface area contributed by atoms with E-state index >= 15 is 0 Å². The molecule has 0 spiro atoms. The average molecular weight is 220 g/mol. The molecule has 16 heavy (non-hydrogen) atoms. The van der Waals surface area contributed by atoms with Crippen LogP contribution in [-0.2, 0) is 4.79 Å². The van der Waals surface area contributed by atoms with E-state index in [-0.39, 0.29) is 11.8 Å². The van der Waals surface area contributed by atoms with Gasteiger partial charge in [-0.3, -0.25) is 9.78 Å². The number of nitrogens with zero attached hydrogens (tertiary/aromatic N) is 1. The van der Waals surface area contributed by atoms with Gasteiger partial charge in [-0.05, 0) is 18.6 Å². The van der Waals surface area contributed by atoms with Gasteiger partial charge in [-0.2, -0.15) is 0 Å². The third-order valence-electron chi connectivity index (χ3n) is 2.57. The maximum atomic E-state index is 11.6. The predicted octanol–water partition coefficient (Wildman–Crippen LogP) is 2.62. The number of hydrogen-bond donors (Lipinski definition) is 1. The van der Waals surface area contributed by atoms with Gasteiger partial charge in [0.1, 0.15) is 5.78 Å². The number of carbonyl (C=O) groups is 1. The zero-order chi connectivity index (χ0) is 11.8. The van der Waals surface area contributed by atoms with Crippen molar-refractivity contribution in [2.24, 2.45) is 5.73 Å². The molecular weight excluding hydrogens is 200 g/mol. The van der Waals surface area contributed by atoms with Gasteiger partial charge in [-0.25, -0.2) is 0 Å². The van der Waals surface area contributed by atoms with E-state index in [1.54, 1.807) is 6.20 Å². The molecule has 3 heteroatoms. The summed E-state index contributed by atoms with van der Waals surface area (Å²) in [6.45, 7) is 2.13. The third-order valence-corrected chi connectivity index (χ3v) is 2.57. The molecule has 0 fully saturated rings. The first-order valence-electron chi connectivity index (χ1n) is 5.92. The summed E-state index contributed by atoms with van der Waals surface area (Å²) in [6.07, 6.45) is 5.99. The Morgan fingerprint density at radius 3 is 2.88 bits per heavy atom. The molecule has 1 heterocycles. The molecule has 0 bridgehead atoms. The molecule has 0 aromatic carbocycles. The maximum Gasteiger partial charge on any atom is 0.134 e. The van der Waals surface area contributed by atoms with E-state index in [1.807, 2.05) is 18.2 Å². The number of Topliss-reactive ketones (excluding diaryl/α,β-unsaturated/α-hetero) is 1. The van der Waals surface area contributed by atoms with Gasteiger partial charge in [0.05, 0.1) is 11.7 Å². The molecular formula is C13H20N2O. The van der Waals surface area contributed by atoms with Crippen LogP contribution in [0.2, 0.25) is 0 Å². The lowest BCUT2D eigenvalue weighted by Gasteiger charge is -2.09. The Morgan fingerprint density at radius 2 is 2.25 bits per heavy atom. The van der Waals surface area contributed by atoms with Crippen molar-refractivity contribution in [3.63, 3.8) is 0 Å². The number of rotatable bonds is 7. The van der Waals surface area contributed by atoms with Gasteiger partial charge in [-0.15, -0.1) is 0 Å². The van der Waals surface area contributed by atoms with Crippen molar-refractivity contribution in [2.75, 3.05) is 0 Å². The summed E-state index contributed by atoms with van der Waals surface area (Å²) in [6, 6.07) is 5.35. The topological polar surface area (TPSA) is 56.0 Å². The number of carbonyl (C=O) groups excluding carboxylic acids is 1. The second-order valence-corrected chi connectivity index (χ2v) is 4.06. The molecule has 88 valence electrons. The van der Waals surface area contributed by atoms with Gasteiger partial charge in [-0.1, -0.05) is 25.8 Å². The summed E-state index contributed by atoms with van der Waals surface area (Å²) >= 11 is 0. The quantitative estimate of drug-likeness (QED) is 0.719. The molecule has 1 aromatic rings. The highest BCUT2D eigenvalue weighted by atomic mass is 16.1. The van der Waals surface area contributed by atoms with Crippen LogP contribution >= 0.6 is 0 Å². The van der Waals surface area contributed by atoms with Gasteiger partial charge in [0.2, 0.25) is 0 Å². The van der Waals surface area contributed by atoms with Crippen molar-refractivity contribution in [2.45, 2.75) is 45.1 Å². The van der Waals surface area contributed by atoms with Crippen molar-refractivity contribution in [1.29, 1.82) is 0 Å². The molecule has 3 nitrogen and oxygen atoms in total. The molecule has 1 rings (SSSR count). The highest BCUT2D eigenvalue weighted by molar-refractivity contribution is 5.79. The highest BCUT2D eigenvalue weighted by Crippen LogP contribution is 2.13. The lowest BCUT2D eigenvalue weighted by atomic mass is 10.0. The Labute approximate surface area is 97.1 Å². The average Bonchev–Trinajstić information content (AvgIpc) is 2.30. The molecule has 0 saturated heterocycles. The first-order chi connectivity index (χ1) is 7.74. The minimum Gasteiger partial charge on any atom is -0.322 e. The lowest BCUT2D eigenvalue weighted by molar-refractivity contribution is -0.119. The Kier molecular flexibility index (Phi) is 5.72. The first kappa shape index (κ1) is 12.8. The largest absolute Gasteiger partial charge is 0.322 e. The zero-order valence-corrected chi connectivity index (χ0v) is 9.86. The fraction of sp³-hybridized carbons (Fsp3) is 0.538. The van der Waals surface area contributed by atoms with Crippen LogP contribution in [0.25, 0.3) is 0 Å². The number of ketones is 1. The monoisotopic (exact) mass is 220 g/mol. The van der Waals surface area contributed by atoms with Crippen LogP contribution in [0.15, 0.2) is 24.4 Å². The highest BCUT2D eigenvalue weighted by Gasteiger charge is 2.11. The Bertz CT molecular complexity index is 311. The standard InChI is InChI=1S/C13H20N2O/c1-2-3-4-7-11(16)10-12(14)13-8-5-6-9-15-13/h5-6,8-9,12H,2-4,7,10,14H2,1H3. The van der Waals surface area contributed by atoms with Crippen LogP contribution in [0.4, 0.5) is 0 Å². The molecule has 1 aromatic heterocycles. The molecule has 0 aliphatic carbocycles. The van der Waals surface area contributed by atoms with E-state index in [0.29, 0.717) is 12.8 Å². The maximum absolute atomic E-state index is 11.6. The van der Waals surface area contributed by atoms with E-state index in [9.17, 15) is 4.79 Å². The molecule has 0 aliphatic rings. The Hall–Kier alpha value is -1.22. The number of nitrogens with two attached hydrogens (primary N) is 1. The predicted molar refractivity (Wildman–Crippen MR) is 64.9 cm³/mol. The summed E-state index contributed by atoms with van der Waals surface area (Å²) in [5.74, 6) is 0.242. The molecule has 1 atom stereocenters. The van der Waals surface area contributed by atoms with Crippen LogP contribution in [0.5, 0.6) is 0 Å². The Morgan fingerprint density at radius 1 is 1.44 bits per heavy atom. The summed E-state index contributed by atoms with van der Waals surface area (Å²) in [5.41, 5.74) is 6.71. The molecule has 0 aliphatic heterocycles. The van der Waals surface area contributed by atoms with Gasteiger partial charge in [0.25, 0.3) is 0 Å². The minimum atomic E-state index is -0.254. The lowest BCUT2D eigenvalue weighted by Crippen LogP contribution is -2.16. The van der Waals surface area contributed by atoms with Crippen molar-refractivity contribution in [3.8, 4) is 0 Å². The van der Waals surface area contributed by atoms with E-state index in [4.69, 9.17) is 5.73 Å². The van der Waals surface area contributed by atoms with Crippen molar-refractivity contribution >= 4 is 5.78 Å². The first-order valence-corrected chi connectivity index (χ1v) is 5.92. The number of unbranched alkanes of at least 4 members (excludes halogenated alkanes) is 2. The normalized spacial score (nSPS) is 12.4. The van der Waals surface area contributed by atoms with Crippen molar-refractivity contribution in [1.82, 2.24) is 4.98 Å². The third kappa shape index (κ3) is 4.53. The second-order valence-electron chi connectivity index (χ2n) is 4.06. The summed E-state index contributed by atoms with van der Waals surface area (Å²) in [5, 5.41) is 0. The van der Waals surface area contributed by atoms with Crippen LogP contribution in [-0.4, -0.2) is 10.8 Å². The van der Waals surface area contributed by atoms with Crippen LogP contribution in [0.3, 0.4) is 0 Å². The van der Waals surface area contributed by atoms with E-state index in [0.717, 1.165) is 25.0 Å². The zero-order valence-electron chi connectivity index (χ0n) is 9.86. The number of hydrogen-bond acceptors (Lipinski definition) is 3. The summed E-state index contributed by atoms with van der Waals surface area (Å²) < 4.78 is 0. The van der Waals surface area contributed by atoms with Gasteiger partial charge >= 0.3 is 0 Å². The van der Waals surface area contributed by atoms with Crippen LogP contribution in [0, 0.1) is 0 Å². The summed E-state index contributed by atoms with van der Waals surface area (Å²) in [7, 11) is 0. The fourth-order valence-electron chi connectivity index (χ4n) is 1.62. The number of aromatic nitrogens is 1. The Balaban J connectivity index is 2.34. The van der Waals surface area contributed by atoms with Crippen molar-refractivity contribution < 1.29 is 4.79 Å². The van der Waals surface area contributed by atoms with E-state index in [1.165, 1.54) is 0 Å². The molecule has 0 saturated carbocycles. The molecule has 0 radical (unpaired) electrons. The second kappa shape index (κ2) is 7.12. The smallest absolute Gasteiger partial charge is 0.134 e. The van der Waals surface area contributed by atoms with Crippen LogP contribution < -0.4 is 5.73 Å². The number of pyridine rings is 1. The van der Waals surface area contributed by atoms with Crippen LogP contribution in [0.1, 0.15) is 50.8 Å². The summed E-state index contributed by atoms with van der Waals surface area (Å²) in [4.78, 5) is 15.7. The minimum absolute atomic E-state index is 0.242. The molecule has 1 unspecified atom stereocenters. The van der Waals surface area contributed by atoms with E-state index < -0.39 is 0 Å². The van der Waals surface area contributed by atoms with E-state index in [2.05, 4.69) is 11.9 Å². The van der Waals surface area contributed by atoms with Gasteiger partial charge < -0.3 is 5.73 Å². The molecule has 0 amide bonds. The fourth-order valence-corrected chi connectivity index (χ4v) is 1.62.